The van der Waals surface area contributed by atoms with E-state index in [-0.39, 0.29) is 12.0 Å². The highest BCUT2D eigenvalue weighted by atomic mass is 31.2. The van der Waals surface area contributed by atoms with Gasteiger partial charge in [-0.2, -0.15) is 0 Å². The highest BCUT2D eigenvalue weighted by molar-refractivity contribution is 7.46. The van der Waals surface area contributed by atoms with Crippen LogP contribution in [0.4, 0.5) is 0 Å². The molecule has 0 aliphatic carbocycles. The number of aromatic amines is 1. The summed E-state index contributed by atoms with van der Waals surface area (Å²) in [5.74, 6) is 0. The van der Waals surface area contributed by atoms with Crippen LogP contribution >= 0.6 is 7.82 Å². The molecule has 1 aliphatic heterocycles. The van der Waals surface area contributed by atoms with E-state index in [4.69, 9.17) is 9.26 Å². The molecule has 1 fully saturated rings. The van der Waals surface area contributed by atoms with Crippen molar-refractivity contribution in [2.45, 2.75) is 24.9 Å². The summed E-state index contributed by atoms with van der Waals surface area (Å²) in [5, 5.41) is 15.7. The van der Waals surface area contributed by atoms with Crippen molar-refractivity contribution in [1.82, 2.24) is 9.55 Å². The largest absolute Gasteiger partial charge is 0.469 e. The second-order valence-electron chi connectivity index (χ2n) is 8.86. The first-order chi connectivity index (χ1) is 17.2. The molecule has 2 heterocycles. The minimum atomic E-state index is -4.85. The molecule has 0 radical (unpaired) electrons. The maximum absolute atomic E-state index is 13.0. The number of rotatable bonds is 5. The van der Waals surface area contributed by atoms with Crippen molar-refractivity contribution >= 4 is 40.1 Å². The Kier molecular flexibility index (Phi) is 5.34. The molecule has 1 saturated heterocycles. The number of hydrogen-bond donors (Lipinski definition) is 4. The van der Waals surface area contributed by atoms with Crippen LogP contribution in [0.3, 0.4) is 0 Å². The molecule has 184 valence electrons. The molecule has 0 spiro atoms. The highest BCUT2D eigenvalue weighted by Gasteiger charge is 2.40. The van der Waals surface area contributed by atoms with Crippen molar-refractivity contribution in [3.05, 3.63) is 81.6 Å². The van der Waals surface area contributed by atoms with Crippen LogP contribution in [0.15, 0.2) is 70.4 Å². The maximum Gasteiger partial charge on any atom is 0.469 e. The average Bonchev–Trinajstić information content (AvgIpc) is 3.23. The van der Waals surface area contributed by atoms with Gasteiger partial charge in [0.1, 0.15) is 18.4 Å². The number of aromatic nitrogens is 2. The van der Waals surface area contributed by atoms with Crippen LogP contribution in [-0.2, 0) is 13.8 Å². The van der Waals surface area contributed by atoms with Gasteiger partial charge in [-0.3, -0.25) is 18.9 Å². The Labute approximate surface area is 202 Å². The second kappa shape index (κ2) is 8.35. The Hall–Kier alpha value is -3.37. The van der Waals surface area contributed by atoms with Crippen molar-refractivity contribution in [2.75, 3.05) is 6.61 Å². The number of nitrogens with one attached hydrogen (secondary N) is 1. The zero-order valence-corrected chi connectivity index (χ0v) is 19.6. The van der Waals surface area contributed by atoms with E-state index in [0.717, 1.165) is 36.9 Å². The first-order valence-electron chi connectivity index (χ1n) is 11.3. The third-order valence-electron chi connectivity index (χ3n) is 6.73. The maximum atomic E-state index is 13.0. The van der Waals surface area contributed by atoms with E-state index in [1.807, 2.05) is 48.5 Å². The number of aliphatic hydroxyl groups is 1. The van der Waals surface area contributed by atoms with E-state index in [0.29, 0.717) is 5.56 Å². The zero-order valence-electron chi connectivity index (χ0n) is 18.7. The Bertz CT molecular complexity index is 1770. The SMILES string of the molecule is O=c1[nH]c(=O)n([C@H]2C[C@H](OP(=O)(O)O)[C@@H](CO)O2)cc1-c1ccc2ccc3cccc4ccc1c2c34. The summed E-state index contributed by atoms with van der Waals surface area (Å²) in [6.07, 6.45) is -1.94. The fourth-order valence-electron chi connectivity index (χ4n) is 5.18. The van der Waals surface area contributed by atoms with Gasteiger partial charge in [0.05, 0.1) is 12.2 Å². The van der Waals surface area contributed by atoms with Gasteiger partial charge in [-0.25, -0.2) is 9.36 Å². The number of nitrogens with zero attached hydrogens (tertiary/aromatic N) is 1. The third kappa shape index (κ3) is 3.75. The minimum absolute atomic E-state index is 0.111. The fraction of sp³-hybridized carbons (Fsp3) is 0.200. The van der Waals surface area contributed by atoms with Crippen LogP contribution in [0.1, 0.15) is 12.6 Å². The van der Waals surface area contributed by atoms with E-state index in [1.54, 1.807) is 0 Å². The highest BCUT2D eigenvalue weighted by Crippen LogP contribution is 2.43. The van der Waals surface area contributed by atoms with E-state index < -0.39 is 44.1 Å². The van der Waals surface area contributed by atoms with E-state index in [2.05, 4.69) is 11.1 Å². The lowest BCUT2D eigenvalue weighted by Crippen LogP contribution is -2.33. The molecule has 3 atom stereocenters. The lowest BCUT2D eigenvalue weighted by molar-refractivity contribution is -0.0452. The number of hydrogen-bond acceptors (Lipinski definition) is 6. The number of ether oxygens (including phenoxy) is 1. The predicted molar refractivity (Wildman–Crippen MR) is 133 cm³/mol. The molecule has 0 bridgehead atoms. The first kappa shape index (κ1) is 23.1. The van der Waals surface area contributed by atoms with Gasteiger partial charge in [0.25, 0.3) is 5.56 Å². The van der Waals surface area contributed by atoms with Crippen LogP contribution < -0.4 is 11.2 Å². The molecule has 4 N–H and O–H groups in total. The smallest absolute Gasteiger partial charge is 0.394 e. The summed E-state index contributed by atoms with van der Waals surface area (Å²) < 4.78 is 22.9. The molecule has 36 heavy (non-hydrogen) atoms. The molecule has 6 rings (SSSR count). The topological polar surface area (TPSA) is 151 Å². The zero-order chi connectivity index (χ0) is 25.2. The lowest BCUT2D eigenvalue weighted by atomic mass is 9.90. The quantitative estimate of drug-likeness (QED) is 0.209. The number of phosphoric ester groups is 1. The van der Waals surface area contributed by atoms with Gasteiger partial charge in [-0.15, -0.1) is 0 Å². The number of benzene rings is 4. The molecule has 0 unspecified atom stereocenters. The van der Waals surface area contributed by atoms with E-state index >= 15 is 0 Å². The molecule has 1 aromatic heterocycles. The van der Waals surface area contributed by atoms with E-state index in [9.17, 15) is 29.0 Å². The summed E-state index contributed by atoms with van der Waals surface area (Å²) in [4.78, 5) is 46.4. The van der Waals surface area contributed by atoms with Crippen LogP contribution in [0.5, 0.6) is 0 Å². The number of H-pyrrole nitrogens is 1. The Morgan fingerprint density at radius 3 is 2.33 bits per heavy atom. The second-order valence-corrected chi connectivity index (χ2v) is 10.1. The number of aliphatic hydroxyl groups excluding tert-OH is 1. The average molecular weight is 508 g/mol. The molecular weight excluding hydrogens is 487 g/mol. The summed E-state index contributed by atoms with van der Waals surface area (Å²) >= 11 is 0. The first-order valence-corrected chi connectivity index (χ1v) is 12.8. The van der Waals surface area contributed by atoms with Gasteiger partial charge < -0.3 is 19.6 Å². The van der Waals surface area contributed by atoms with Crippen LogP contribution in [0.2, 0.25) is 0 Å². The van der Waals surface area contributed by atoms with Crippen molar-refractivity contribution in [1.29, 1.82) is 0 Å². The predicted octanol–water partition coefficient (Wildman–Crippen LogP) is 2.86. The summed E-state index contributed by atoms with van der Waals surface area (Å²) in [6, 6.07) is 17.8. The molecule has 0 amide bonds. The van der Waals surface area contributed by atoms with Gasteiger partial charge >= 0.3 is 13.5 Å². The monoisotopic (exact) mass is 508 g/mol. The molecule has 11 heteroatoms. The van der Waals surface area contributed by atoms with Gasteiger partial charge in [-0.05, 0) is 37.9 Å². The Morgan fingerprint density at radius 1 is 0.972 bits per heavy atom. The molecule has 0 saturated carbocycles. The summed E-state index contributed by atoms with van der Waals surface area (Å²) in [7, 11) is -4.85. The lowest BCUT2D eigenvalue weighted by Gasteiger charge is -2.17. The fourth-order valence-corrected chi connectivity index (χ4v) is 5.76. The van der Waals surface area contributed by atoms with Gasteiger partial charge in [0, 0.05) is 12.6 Å². The Morgan fingerprint density at radius 2 is 1.64 bits per heavy atom. The van der Waals surface area contributed by atoms with Crippen LogP contribution in [0, 0.1) is 0 Å². The van der Waals surface area contributed by atoms with Crippen molar-refractivity contribution in [3.8, 4) is 11.1 Å². The standard InChI is InChI=1S/C25H21N2O8P/c28-12-20-19(35-36(31,32)33)10-21(34-20)27-11-18(24(29)26-25(27)30)16-8-6-15-5-4-13-2-1-3-14-7-9-17(16)23(15)22(13)14/h1-9,11,19-21,28H,10,12H2,(H,26,29,30)(H2,31,32,33)/t19-,20+,21+/m0/s1. The van der Waals surface area contributed by atoms with Gasteiger partial charge in [0.15, 0.2) is 0 Å². The normalized spacial score (nSPS) is 20.7. The molecule has 5 aromatic rings. The number of phosphoric acid groups is 1. The molecule has 10 nitrogen and oxygen atoms in total. The van der Waals surface area contributed by atoms with Crippen LogP contribution in [-0.4, -0.2) is 43.3 Å². The van der Waals surface area contributed by atoms with Crippen LogP contribution in [0.25, 0.3) is 43.4 Å². The molecule has 1 aliphatic rings. The third-order valence-corrected chi connectivity index (χ3v) is 7.28. The molecular formula is C25H21N2O8P. The van der Waals surface area contributed by atoms with Crippen molar-refractivity contribution in [2.24, 2.45) is 0 Å². The van der Waals surface area contributed by atoms with Gasteiger partial charge in [-0.1, -0.05) is 54.6 Å². The molecule has 4 aromatic carbocycles. The minimum Gasteiger partial charge on any atom is -0.394 e. The van der Waals surface area contributed by atoms with Crippen molar-refractivity contribution < 1.29 is 28.7 Å². The summed E-state index contributed by atoms with van der Waals surface area (Å²) in [5.41, 5.74) is -0.475. The van der Waals surface area contributed by atoms with E-state index in [1.165, 1.54) is 6.20 Å². The van der Waals surface area contributed by atoms with Gasteiger partial charge in [0.2, 0.25) is 0 Å². The van der Waals surface area contributed by atoms with Crippen molar-refractivity contribution in [3.63, 3.8) is 0 Å². The Balaban J connectivity index is 1.50. The summed E-state index contributed by atoms with van der Waals surface area (Å²) in [6.45, 7) is -0.568.